The van der Waals surface area contributed by atoms with Crippen LogP contribution in [0.25, 0.3) is 0 Å². The number of aryl methyl sites for hydroxylation is 2. The first kappa shape index (κ1) is 19.8. The monoisotopic (exact) mass is 375 g/mol. The van der Waals surface area contributed by atoms with E-state index < -0.39 is 11.9 Å². The second-order valence-electron chi connectivity index (χ2n) is 5.75. The summed E-state index contributed by atoms with van der Waals surface area (Å²) >= 11 is 1.14. The smallest absolute Gasteiger partial charge is 0.367 e. The number of nitrogens with zero attached hydrogens (tertiary/aromatic N) is 1. The van der Waals surface area contributed by atoms with Gasteiger partial charge in [-0.2, -0.15) is 0 Å². The SMILES string of the molecule is CCOC(=O)c1nc(COC(=O)CCC(=O)c2ccc(C)c(C)c2)cs1. The maximum atomic E-state index is 12.2. The minimum atomic E-state index is -0.492. The standard InChI is InChI=1S/C19H21NO5S/c1-4-24-19(23)18-20-15(11-26-18)10-25-17(22)8-7-16(21)14-6-5-12(2)13(3)9-14/h5-6,9,11H,4,7-8,10H2,1-3H3. The van der Waals surface area contributed by atoms with Crippen LogP contribution in [0.2, 0.25) is 0 Å². The minimum Gasteiger partial charge on any atom is -0.461 e. The number of carbonyl (C=O) groups is 3. The van der Waals surface area contributed by atoms with Gasteiger partial charge in [-0.05, 0) is 38.0 Å². The van der Waals surface area contributed by atoms with Gasteiger partial charge in [-0.15, -0.1) is 11.3 Å². The first-order valence-electron chi connectivity index (χ1n) is 8.28. The summed E-state index contributed by atoms with van der Waals surface area (Å²) in [4.78, 5) is 39.6. The fourth-order valence-corrected chi connectivity index (χ4v) is 2.85. The van der Waals surface area contributed by atoms with E-state index in [0.29, 0.717) is 11.3 Å². The third-order valence-corrected chi connectivity index (χ3v) is 4.64. The summed E-state index contributed by atoms with van der Waals surface area (Å²) in [6, 6.07) is 5.49. The lowest BCUT2D eigenvalue weighted by Gasteiger charge is -2.05. The molecule has 0 aliphatic heterocycles. The molecule has 0 saturated carbocycles. The van der Waals surface area contributed by atoms with Crippen LogP contribution in [0.1, 0.15) is 56.7 Å². The van der Waals surface area contributed by atoms with Crippen LogP contribution in [0.5, 0.6) is 0 Å². The predicted octanol–water partition coefficient (Wildman–Crippen LogP) is 3.64. The summed E-state index contributed by atoms with van der Waals surface area (Å²) < 4.78 is 9.96. The van der Waals surface area contributed by atoms with Crippen molar-refractivity contribution in [3.63, 3.8) is 0 Å². The van der Waals surface area contributed by atoms with E-state index in [4.69, 9.17) is 9.47 Å². The number of rotatable bonds is 8. The maximum absolute atomic E-state index is 12.2. The van der Waals surface area contributed by atoms with Crippen LogP contribution >= 0.6 is 11.3 Å². The second kappa shape index (κ2) is 9.24. The lowest BCUT2D eigenvalue weighted by Crippen LogP contribution is -2.09. The molecule has 26 heavy (non-hydrogen) atoms. The van der Waals surface area contributed by atoms with Gasteiger partial charge < -0.3 is 9.47 Å². The molecule has 138 valence electrons. The number of hydrogen-bond acceptors (Lipinski definition) is 7. The Labute approximate surface area is 156 Å². The van der Waals surface area contributed by atoms with Crippen LogP contribution in [-0.4, -0.2) is 29.3 Å². The number of hydrogen-bond donors (Lipinski definition) is 0. The molecule has 0 amide bonds. The number of benzene rings is 1. The van der Waals surface area contributed by atoms with Gasteiger partial charge in [-0.25, -0.2) is 9.78 Å². The minimum absolute atomic E-state index is 0.000623. The van der Waals surface area contributed by atoms with Gasteiger partial charge in [0.15, 0.2) is 5.78 Å². The normalized spacial score (nSPS) is 10.4. The van der Waals surface area contributed by atoms with Crippen LogP contribution in [0.15, 0.2) is 23.6 Å². The Morgan fingerprint density at radius 1 is 1.08 bits per heavy atom. The first-order chi connectivity index (χ1) is 12.4. The molecule has 0 fully saturated rings. The zero-order chi connectivity index (χ0) is 19.1. The lowest BCUT2D eigenvalue weighted by molar-refractivity contribution is -0.145. The number of carbonyl (C=O) groups excluding carboxylic acids is 3. The summed E-state index contributed by atoms with van der Waals surface area (Å²) in [6.07, 6.45) is 0.0904. The average molecular weight is 375 g/mol. The molecule has 0 unspecified atom stereocenters. The number of ketones is 1. The van der Waals surface area contributed by atoms with Crippen molar-refractivity contribution in [2.24, 2.45) is 0 Å². The number of ether oxygens (including phenoxy) is 2. The summed E-state index contributed by atoms with van der Waals surface area (Å²) in [6.45, 7) is 5.88. The Balaban J connectivity index is 1.79. The van der Waals surface area contributed by atoms with Crippen molar-refractivity contribution in [3.8, 4) is 0 Å². The van der Waals surface area contributed by atoms with E-state index in [9.17, 15) is 14.4 Å². The van der Waals surface area contributed by atoms with Crippen molar-refractivity contribution < 1.29 is 23.9 Å². The Bertz CT molecular complexity index is 812. The van der Waals surface area contributed by atoms with Crippen molar-refractivity contribution in [2.75, 3.05) is 6.61 Å². The molecule has 0 spiro atoms. The van der Waals surface area contributed by atoms with Gasteiger partial charge >= 0.3 is 11.9 Å². The van der Waals surface area contributed by atoms with Gasteiger partial charge in [0.25, 0.3) is 0 Å². The predicted molar refractivity (Wildman–Crippen MR) is 97.3 cm³/mol. The van der Waals surface area contributed by atoms with E-state index >= 15 is 0 Å². The molecule has 0 N–H and O–H groups in total. The zero-order valence-electron chi connectivity index (χ0n) is 15.0. The van der Waals surface area contributed by atoms with E-state index in [2.05, 4.69) is 4.98 Å². The highest BCUT2D eigenvalue weighted by Crippen LogP contribution is 2.14. The Kier molecular flexibility index (Phi) is 7.03. The second-order valence-corrected chi connectivity index (χ2v) is 6.61. The molecule has 1 aromatic heterocycles. The van der Waals surface area contributed by atoms with E-state index in [1.54, 1.807) is 18.4 Å². The molecule has 2 aromatic rings. The molecule has 0 aliphatic rings. The maximum Gasteiger partial charge on any atom is 0.367 e. The largest absolute Gasteiger partial charge is 0.461 e. The van der Waals surface area contributed by atoms with Crippen molar-refractivity contribution >= 4 is 29.1 Å². The van der Waals surface area contributed by atoms with Gasteiger partial charge in [-0.3, -0.25) is 9.59 Å². The highest BCUT2D eigenvalue weighted by molar-refractivity contribution is 7.11. The molecule has 1 heterocycles. The Morgan fingerprint density at radius 3 is 2.54 bits per heavy atom. The van der Waals surface area contributed by atoms with Crippen molar-refractivity contribution in [3.05, 3.63) is 51.0 Å². The molecular weight excluding hydrogens is 354 g/mol. The number of Topliss-reactive ketones (excluding diaryl/α,β-unsaturated/α-hetero) is 1. The summed E-state index contributed by atoms with van der Waals surface area (Å²) in [5, 5.41) is 1.86. The van der Waals surface area contributed by atoms with Gasteiger partial charge in [0.2, 0.25) is 5.01 Å². The third-order valence-electron chi connectivity index (χ3n) is 3.77. The molecule has 1 aromatic carbocycles. The lowest BCUT2D eigenvalue weighted by atomic mass is 10.0. The molecule has 7 heteroatoms. The van der Waals surface area contributed by atoms with Crippen LogP contribution in [-0.2, 0) is 20.9 Å². The van der Waals surface area contributed by atoms with E-state index in [1.807, 2.05) is 26.0 Å². The first-order valence-corrected chi connectivity index (χ1v) is 9.16. The topological polar surface area (TPSA) is 82.6 Å². The van der Waals surface area contributed by atoms with Gasteiger partial charge in [-0.1, -0.05) is 12.1 Å². The molecule has 6 nitrogen and oxygen atoms in total. The summed E-state index contributed by atoms with van der Waals surface area (Å²) in [5.41, 5.74) is 3.23. The fraction of sp³-hybridized carbons (Fsp3) is 0.368. The number of esters is 2. The van der Waals surface area contributed by atoms with Gasteiger partial charge in [0.05, 0.1) is 18.7 Å². The molecule has 0 bridgehead atoms. The molecular formula is C19H21NO5S. The Hall–Kier alpha value is -2.54. The zero-order valence-corrected chi connectivity index (χ0v) is 15.9. The molecule has 2 rings (SSSR count). The highest BCUT2D eigenvalue weighted by Gasteiger charge is 2.14. The van der Waals surface area contributed by atoms with E-state index in [0.717, 1.165) is 22.5 Å². The molecule has 0 aliphatic carbocycles. The van der Waals surface area contributed by atoms with Crippen LogP contribution in [0.4, 0.5) is 0 Å². The quantitative estimate of drug-likeness (QED) is 0.517. The molecule has 0 atom stereocenters. The van der Waals surface area contributed by atoms with Crippen molar-refractivity contribution in [1.82, 2.24) is 4.98 Å². The summed E-state index contributed by atoms with van der Waals surface area (Å²) in [5.74, 6) is -1.06. The third kappa shape index (κ3) is 5.49. The fourth-order valence-electron chi connectivity index (χ4n) is 2.16. The molecule has 0 radical (unpaired) electrons. The van der Waals surface area contributed by atoms with Crippen LogP contribution < -0.4 is 0 Å². The van der Waals surface area contributed by atoms with E-state index in [1.165, 1.54) is 0 Å². The Morgan fingerprint density at radius 2 is 1.85 bits per heavy atom. The average Bonchev–Trinajstić information content (AvgIpc) is 3.09. The van der Waals surface area contributed by atoms with Crippen LogP contribution in [0, 0.1) is 13.8 Å². The number of aromatic nitrogens is 1. The number of thiazole rings is 1. The van der Waals surface area contributed by atoms with Crippen molar-refractivity contribution in [2.45, 2.75) is 40.2 Å². The van der Waals surface area contributed by atoms with Crippen molar-refractivity contribution in [1.29, 1.82) is 0 Å². The van der Waals surface area contributed by atoms with E-state index in [-0.39, 0.29) is 36.8 Å². The van der Waals surface area contributed by atoms with Gasteiger partial charge in [0, 0.05) is 17.4 Å². The summed E-state index contributed by atoms with van der Waals surface area (Å²) in [7, 11) is 0. The molecule has 0 saturated heterocycles. The van der Waals surface area contributed by atoms with Crippen LogP contribution in [0.3, 0.4) is 0 Å². The highest BCUT2D eigenvalue weighted by atomic mass is 32.1. The van der Waals surface area contributed by atoms with Gasteiger partial charge in [0.1, 0.15) is 6.61 Å².